The number of carbonyl (C=O) groups excluding carboxylic acids is 1. The zero-order valence-corrected chi connectivity index (χ0v) is 16.6. The number of nitrogens with one attached hydrogen (secondary N) is 1. The van der Waals surface area contributed by atoms with Gasteiger partial charge in [0.2, 0.25) is 0 Å². The molecule has 0 aliphatic heterocycles. The number of para-hydroxylation sites is 1. The van der Waals surface area contributed by atoms with Gasteiger partial charge >= 0.3 is 0 Å². The van der Waals surface area contributed by atoms with Gasteiger partial charge in [-0.25, -0.2) is 0 Å². The maximum absolute atomic E-state index is 13.0. The van der Waals surface area contributed by atoms with E-state index in [1.165, 1.54) is 32.1 Å². The van der Waals surface area contributed by atoms with E-state index in [2.05, 4.69) is 10.4 Å². The maximum atomic E-state index is 13.0. The van der Waals surface area contributed by atoms with Gasteiger partial charge in [-0.15, -0.1) is 0 Å². The number of rotatable bonds is 6. The Balaban J connectivity index is 2.06. The van der Waals surface area contributed by atoms with Crippen molar-refractivity contribution in [3.05, 3.63) is 70.1 Å². The molecule has 0 aliphatic carbocycles. The molecule has 0 fully saturated rings. The van der Waals surface area contributed by atoms with Crippen molar-refractivity contribution in [1.29, 1.82) is 0 Å². The van der Waals surface area contributed by atoms with Gasteiger partial charge in [0, 0.05) is 6.07 Å². The van der Waals surface area contributed by atoms with Crippen LogP contribution in [0.3, 0.4) is 0 Å². The number of amides is 1. The van der Waals surface area contributed by atoms with E-state index in [0.29, 0.717) is 22.9 Å². The van der Waals surface area contributed by atoms with Crippen molar-refractivity contribution in [3.63, 3.8) is 0 Å². The number of ether oxygens (including phenoxy) is 3. The quantitative estimate of drug-likeness (QED) is 0.690. The molecule has 1 amide bonds. The third-order valence-corrected chi connectivity index (χ3v) is 4.33. The number of aryl methyl sites for hydroxylation is 1. The first-order valence-corrected chi connectivity index (χ1v) is 8.76. The summed E-state index contributed by atoms with van der Waals surface area (Å²) in [7, 11) is 4.39. The van der Waals surface area contributed by atoms with E-state index in [1.807, 2.05) is 19.1 Å². The lowest BCUT2D eigenvalue weighted by molar-refractivity contribution is 0.101. The third kappa shape index (κ3) is 4.06. The Kier molecular flexibility index (Phi) is 5.82. The van der Waals surface area contributed by atoms with Crippen molar-refractivity contribution in [3.8, 4) is 22.9 Å². The minimum Gasteiger partial charge on any atom is -0.497 e. The van der Waals surface area contributed by atoms with Crippen molar-refractivity contribution in [2.24, 2.45) is 0 Å². The smallest absolute Gasteiger partial charge is 0.280 e. The fourth-order valence-corrected chi connectivity index (χ4v) is 2.82. The number of nitrogens with zero attached hydrogens (tertiary/aromatic N) is 2. The standard InChI is InChI=1S/C21H21N3O5/c1-13-7-5-6-8-16(13)24-19(25)12-18(29-4)20(23-24)21(26)22-15-11-14(27-2)9-10-17(15)28-3/h5-12H,1-4H3,(H,22,26). The van der Waals surface area contributed by atoms with Crippen LogP contribution in [0.15, 0.2) is 53.3 Å². The Bertz CT molecular complexity index is 1110. The van der Waals surface area contributed by atoms with Crippen LogP contribution >= 0.6 is 0 Å². The summed E-state index contributed by atoms with van der Waals surface area (Å²) in [6, 6.07) is 13.5. The molecule has 8 heteroatoms. The number of aromatic nitrogens is 2. The number of anilines is 1. The Hall–Kier alpha value is -3.81. The molecule has 0 saturated carbocycles. The van der Waals surface area contributed by atoms with Gasteiger partial charge in [0.05, 0.1) is 38.8 Å². The average Bonchev–Trinajstić information content (AvgIpc) is 2.73. The van der Waals surface area contributed by atoms with E-state index >= 15 is 0 Å². The number of benzene rings is 2. The molecule has 1 aromatic heterocycles. The summed E-state index contributed by atoms with van der Waals surface area (Å²) in [5, 5.41) is 7.00. The molecule has 8 nitrogen and oxygen atoms in total. The molecule has 0 atom stereocenters. The van der Waals surface area contributed by atoms with E-state index in [1.54, 1.807) is 30.3 Å². The minimum absolute atomic E-state index is 0.0415. The Morgan fingerprint density at radius 2 is 1.69 bits per heavy atom. The second kappa shape index (κ2) is 8.47. The minimum atomic E-state index is -0.560. The van der Waals surface area contributed by atoms with Crippen molar-refractivity contribution in [1.82, 2.24) is 9.78 Å². The molecule has 1 heterocycles. The lowest BCUT2D eigenvalue weighted by Crippen LogP contribution is -2.26. The van der Waals surface area contributed by atoms with Gasteiger partial charge in [0.1, 0.15) is 11.5 Å². The van der Waals surface area contributed by atoms with Gasteiger partial charge in [-0.05, 0) is 30.7 Å². The SMILES string of the molecule is COc1ccc(OC)c(NC(=O)c2nn(-c3ccccc3C)c(=O)cc2OC)c1. The largest absolute Gasteiger partial charge is 0.497 e. The first-order valence-electron chi connectivity index (χ1n) is 8.76. The first-order chi connectivity index (χ1) is 14.0. The number of hydrogen-bond donors (Lipinski definition) is 1. The van der Waals surface area contributed by atoms with Gasteiger partial charge < -0.3 is 19.5 Å². The summed E-state index contributed by atoms with van der Waals surface area (Å²) in [4.78, 5) is 25.5. The van der Waals surface area contributed by atoms with Crippen molar-refractivity contribution < 1.29 is 19.0 Å². The van der Waals surface area contributed by atoms with Crippen LogP contribution in [0.1, 0.15) is 16.1 Å². The average molecular weight is 395 g/mol. The molecule has 0 aliphatic rings. The van der Waals surface area contributed by atoms with E-state index in [-0.39, 0.29) is 11.4 Å². The monoisotopic (exact) mass is 395 g/mol. The van der Waals surface area contributed by atoms with Crippen LogP contribution in [0.5, 0.6) is 17.2 Å². The molecule has 150 valence electrons. The maximum Gasteiger partial charge on any atom is 0.280 e. The fraction of sp³-hybridized carbons (Fsp3) is 0.190. The Labute approximate surface area is 167 Å². The lowest BCUT2D eigenvalue weighted by atomic mass is 10.2. The summed E-state index contributed by atoms with van der Waals surface area (Å²) in [6.07, 6.45) is 0. The van der Waals surface area contributed by atoms with Crippen LogP contribution in [0.4, 0.5) is 5.69 Å². The Morgan fingerprint density at radius 1 is 0.966 bits per heavy atom. The van der Waals surface area contributed by atoms with Crippen LogP contribution in [0.25, 0.3) is 5.69 Å². The zero-order valence-electron chi connectivity index (χ0n) is 16.6. The summed E-state index contributed by atoms with van der Waals surface area (Å²) in [5.74, 6) is 0.506. The first kappa shape index (κ1) is 19.9. The van der Waals surface area contributed by atoms with Gasteiger partial charge in [-0.2, -0.15) is 9.78 Å². The summed E-state index contributed by atoms with van der Waals surface area (Å²) < 4.78 is 16.9. The van der Waals surface area contributed by atoms with Crippen molar-refractivity contribution in [2.45, 2.75) is 6.92 Å². The van der Waals surface area contributed by atoms with Crippen LogP contribution < -0.4 is 25.1 Å². The predicted octanol–water partition coefficient (Wildman–Crippen LogP) is 2.82. The second-order valence-electron chi connectivity index (χ2n) is 6.12. The van der Waals surface area contributed by atoms with Crippen LogP contribution in [-0.2, 0) is 0 Å². The molecule has 0 spiro atoms. The number of hydrogen-bond acceptors (Lipinski definition) is 6. The number of methoxy groups -OCH3 is 3. The fourth-order valence-electron chi connectivity index (χ4n) is 2.82. The second-order valence-corrected chi connectivity index (χ2v) is 6.12. The zero-order chi connectivity index (χ0) is 21.0. The lowest BCUT2D eigenvalue weighted by Gasteiger charge is -2.14. The highest BCUT2D eigenvalue weighted by Crippen LogP contribution is 2.29. The third-order valence-electron chi connectivity index (χ3n) is 4.33. The predicted molar refractivity (Wildman–Crippen MR) is 109 cm³/mol. The van der Waals surface area contributed by atoms with Crippen LogP contribution in [0, 0.1) is 6.92 Å². The highest BCUT2D eigenvalue weighted by Gasteiger charge is 2.20. The summed E-state index contributed by atoms with van der Waals surface area (Å²) >= 11 is 0. The highest BCUT2D eigenvalue weighted by atomic mass is 16.5. The van der Waals surface area contributed by atoms with Crippen molar-refractivity contribution in [2.75, 3.05) is 26.6 Å². The molecule has 3 aromatic rings. The Morgan fingerprint density at radius 3 is 2.34 bits per heavy atom. The molecular weight excluding hydrogens is 374 g/mol. The molecule has 1 N–H and O–H groups in total. The van der Waals surface area contributed by atoms with E-state index in [4.69, 9.17) is 14.2 Å². The van der Waals surface area contributed by atoms with Gasteiger partial charge in [-0.1, -0.05) is 18.2 Å². The normalized spacial score (nSPS) is 10.3. The van der Waals surface area contributed by atoms with Gasteiger partial charge in [0.15, 0.2) is 11.4 Å². The molecule has 3 rings (SSSR count). The number of carbonyl (C=O) groups is 1. The molecule has 0 bridgehead atoms. The van der Waals surface area contributed by atoms with Crippen LogP contribution in [0.2, 0.25) is 0 Å². The summed E-state index contributed by atoms with van der Waals surface area (Å²) in [6.45, 7) is 1.86. The molecule has 0 saturated heterocycles. The molecule has 29 heavy (non-hydrogen) atoms. The van der Waals surface area contributed by atoms with E-state index < -0.39 is 11.5 Å². The van der Waals surface area contributed by atoms with Gasteiger partial charge in [0.25, 0.3) is 11.5 Å². The van der Waals surface area contributed by atoms with Gasteiger partial charge in [-0.3, -0.25) is 9.59 Å². The van der Waals surface area contributed by atoms with Crippen molar-refractivity contribution >= 4 is 11.6 Å². The molecular formula is C21H21N3O5. The summed E-state index contributed by atoms with van der Waals surface area (Å²) in [5.41, 5.74) is 1.36. The molecule has 0 radical (unpaired) electrons. The molecule has 2 aromatic carbocycles. The van der Waals surface area contributed by atoms with E-state index in [9.17, 15) is 9.59 Å². The van der Waals surface area contributed by atoms with Crippen LogP contribution in [-0.4, -0.2) is 37.0 Å². The van der Waals surface area contributed by atoms with E-state index in [0.717, 1.165) is 5.56 Å². The molecule has 0 unspecified atom stereocenters. The topological polar surface area (TPSA) is 91.7 Å². The highest BCUT2D eigenvalue weighted by molar-refractivity contribution is 6.05.